The molecular formula is C26H35F2N3O5S. The second kappa shape index (κ2) is 12.4. The number of carbonyl (C=O) groups is 2. The number of nitrogens with one attached hydrogen (secondary N) is 1. The van der Waals surface area contributed by atoms with Crippen LogP contribution in [0.15, 0.2) is 42.5 Å². The van der Waals surface area contributed by atoms with Crippen LogP contribution in [-0.4, -0.2) is 56.6 Å². The van der Waals surface area contributed by atoms with Gasteiger partial charge in [-0.05, 0) is 63.9 Å². The van der Waals surface area contributed by atoms with Gasteiger partial charge in [0.2, 0.25) is 21.8 Å². The topological polar surface area (TPSA) is 96.0 Å². The largest absolute Gasteiger partial charge is 0.497 e. The standard InChI is InChI=1S/C26H35F2N3O5S/c1-18(25(33)29-26(2,3)4)30(17-19-9-12-21(36-5)13-10-19)24(32)8-7-15-31(37(6,34)35)20-11-14-22(27)23(28)16-20/h9-14,16,18H,7-8,15,17H2,1-6H3,(H,29,33)/t18-/m0/s1. The molecule has 11 heteroatoms. The molecule has 2 rings (SSSR count). The van der Waals surface area contributed by atoms with Crippen LogP contribution in [0.5, 0.6) is 5.75 Å². The summed E-state index contributed by atoms with van der Waals surface area (Å²) >= 11 is 0. The lowest BCUT2D eigenvalue weighted by molar-refractivity contribution is -0.141. The van der Waals surface area contributed by atoms with E-state index < -0.39 is 33.2 Å². The Bertz CT molecular complexity index is 1200. The number of amides is 2. The van der Waals surface area contributed by atoms with Crippen LogP contribution < -0.4 is 14.4 Å². The molecule has 0 bridgehead atoms. The number of methoxy groups -OCH3 is 1. The Morgan fingerprint density at radius 2 is 1.68 bits per heavy atom. The van der Waals surface area contributed by atoms with Crippen molar-refractivity contribution < 1.29 is 31.5 Å². The molecule has 0 radical (unpaired) electrons. The minimum Gasteiger partial charge on any atom is -0.497 e. The van der Waals surface area contributed by atoms with E-state index in [4.69, 9.17) is 4.74 Å². The van der Waals surface area contributed by atoms with Gasteiger partial charge in [0.1, 0.15) is 11.8 Å². The van der Waals surface area contributed by atoms with E-state index in [2.05, 4.69) is 5.32 Å². The average Bonchev–Trinajstić information content (AvgIpc) is 2.80. The summed E-state index contributed by atoms with van der Waals surface area (Å²) in [5, 5.41) is 2.88. The fraction of sp³-hybridized carbons (Fsp3) is 0.462. The first-order valence-electron chi connectivity index (χ1n) is 11.8. The Balaban J connectivity index is 2.21. The molecule has 0 heterocycles. The number of ether oxygens (including phenoxy) is 1. The molecule has 0 aromatic heterocycles. The molecule has 1 N–H and O–H groups in total. The fourth-order valence-corrected chi connectivity index (χ4v) is 4.59. The Labute approximate surface area is 217 Å². The van der Waals surface area contributed by atoms with Crippen molar-refractivity contribution in [2.75, 3.05) is 24.2 Å². The van der Waals surface area contributed by atoms with E-state index in [-0.39, 0.29) is 43.4 Å². The Hall–Kier alpha value is -3.21. The zero-order valence-corrected chi connectivity index (χ0v) is 22.9. The number of carbonyl (C=O) groups excluding carboxylic acids is 2. The van der Waals surface area contributed by atoms with Crippen molar-refractivity contribution in [2.24, 2.45) is 0 Å². The molecule has 2 amide bonds. The quantitative estimate of drug-likeness (QED) is 0.468. The molecule has 0 unspecified atom stereocenters. The molecular weight excluding hydrogens is 504 g/mol. The van der Waals surface area contributed by atoms with Crippen LogP contribution in [0.3, 0.4) is 0 Å². The van der Waals surface area contributed by atoms with Gasteiger partial charge < -0.3 is 15.0 Å². The van der Waals surface area contributed by atoms with Crippen LogP contribution in [-0.2, 0) is 26.2 Å². The Morgan fingerprint density at radius 1 is 1.05 bits per heavy atom. The first kappa shape index (κ1) is 30.0. The summed E-state index contributed by atoms with van der Waals surface area (Å²) in [5.74, 6) is -2.30. The number of anilines is 1. The van der Waals surface area contributed by atoms with Crippen LogP contribution in [0.1, 0.15) is 46.1 Å². The highest BCUT2D eigenvalue weighted by Gasteiger charge is 2.28. The monoisotopic (exact) mass is 539 g/mol. The third kappa shape index (κ3) is 8.99. The van der Waals surface area contributed by atoms with Crippen molar-refractivity contribution in [3.63, 3.8) is 0 Å². The van der Waals surface area contributed by atoms with Crippen molar-refractivity contribution in [1.29, 1.82) is 0 Å². The van der Waals surface area contributed by atoms with E-state index >= 15 is 0 Å². The number of nitrogens with zero attached hydrogens (tertiary/aromatic N) is 2. The van der Waals surface area contributed by atoms with Gasteiger partial charge in [0.05, 0.1) is 19.1 Å². The van der Waals surface area contributed by atoms with Crippen LogP contribution in [0, 0.1) is 11.6 Å². The maximum absolute atomic E-state index is 13.7. The van der Waals surface area contributed by atoms with Crippen molar-refractivity contribution in [2.45, 2.75) is 58.7 Å². The van der Waals surface area contributed by atoms with Gasteiger partial charge >= 0.3 is 0 Å². The molecule has 204 valence electrons. The van der Waals surface area contributed by atoms with Gasteiger partial charge in [-0.2, -0.15) is 0 Å². The second-order valence-electron chi connectivity index (χ2n) is 9.82. The molecule has 0 aliphatic rings. The van der Waals surface area contributed by atoms with Crippen LogP contribution in [0.2, 0.25) is 0 Å². The van der Waals surface area contributed by atoms with E-state index in [1.165, 1.54) is 4.90 Å². The molecule has 0 aliphatic heterocycles. The molecule has 0 spiro atoms. The smallest absolute Gasteiger partial charge is 0.242 e. The van der Waals surface area contributed by atoms with Crippen molar-refractivity contribution in [1.82, 2.24) is 10.2 Å². The van der Waals surface area contributed by atoms with Crippen molar-refractivity contribution in [3.8, 4) is 5.75 Å². The number of rotatable bonds is 11. The summed E-state index contributed by atoms with van der Waals surface area (Å²) in [6.07, 6.45) is 0.974. The van der Waals surface area contributed by atoms with E-state index in [1.807, 2.05) is 20.8 Å². The third-order valence-corrected chi connectivity index (χ3v) is 6.71. The van der Waals surface area contributed by atoms with Gasteiger partial charge in [0.25, 0.3) is 0 Å². The molecule has 0 aliphatic carbocycles. The normalized spacial score (nSPS) is 12.5. The van der Waals surface area contributed by atoms with Gasteiger partial charge in [0, 0.05) is 31.1 Å². The highest BCUT2D eigenvalue weighted by atomic mass is 32.2. The summed E-state index contributed by atoms with van der Waals surface area (Å²) in [7, 11) is -2.28. The summed E-state index contributed by atoms with van der Waals surface area (Å²) in [4.78, 5) is 27.6. The minimum atomic E-state index is -3.83. The molecule has 37 heavy (non-hydrogen) atoms. The zero-order valence-electron chi connectivity index (χ0n) is 22.0. The molecule has 1 atom stereocenters. The number of sulfonamides is 1. The molecule has 2 aromatic rings. The molecule has 8 nitrogen and oxygen atoms in total. The lowest BCUT2D eigenvalue weighted by atomic mass is 10.1. The van der Waals surface area contributed by atoms with Crippen LogP contribution >= 0.6 is 0 Å². The Morgan fingerprint density at radius 3 is 2.19 bits per heavy atom. The van der Waals surface area contributed by atoms with Gasteiger partial charge in [-0.3, -0.25) is 13.9 Å². The van der Waals surface area contributed by atoms with Crippen molar-refractivity contribution >= 4 is 27.5 Å². The highest BCUT2D eigenvalue weighted by molar-refractivity contribution is 7.92. The predicted molar refractivity (Wildman–Crippen MR) is 139 cm³/mol. The lowest BCUT2D eigenvalue weighted by Gasteiger charge is -2.32. The van der Waals surface area contributed by atoms with Gasteiger partial charge in [-0.15, -0.1) is 0 Å². The van der Waals surface area contributed by atoms with Crippen molar-refractivity contribution in [3.05, 3.63) is 59.7 Å². The summed E-state index contributed by atoms with van der Waals surface area (Å²) < 4.78 is 57.8. The summed E-state index contributed by atoms with van der Waals surface area (Å²) in [5.41, 5.74) is 0.242. The number of hydrogen-bond donors (Lipinski definition) is 1. The number of hydrogen-bond acceptors (Lipinski definition) is 5. The average molecular weight is 540 g/mol. The fourth-order valence-electron chi connectivity index (χ4n) is 3.63. The summed E-state index contributed by atoms with van der Waals surface area (Å²) in [6, 6.07) is 9.10. The zero-order chi connectivity index (χ0) is 28.0. The molecule has 0 saturated carbocycles. The van der Waals surface area contributed by atoms with Gasteiger partial charge in [0.15, 0.2) is 11.6 Å². The van der Waals surface area contributed by atoms with E-state index in [0.29, 0.717) is 5.75 Å². The van der Waals surface area contributed by atoms with E-state index in [9.17, 15) is 26.8 Å². The Kier molecular flexibility index (Phi) is 10.0. The van der Waals surface area contributed by atoms with Crippen LogP contribution in [0.4, 0.5) is 14.5 Å². The lowest BCUT2D eigenvalue weighted by Crippen LogP contribution is -2.52. The number of halogens is 2. The second-order valence-corrected chi connectivity index (χ2v) is 11.7. The van der Waals surface area contributed by atoms with Gasteiger partial charge in [-0.1, -0.05) is 12.1 Å². The van der Waals surface area contributed by atoms with Gasteiger partial charge in [-0.25, -0.2) is 17.2 Å². The third-order valence-electron chi connectivity index (χ3n) is 5.52. The molecule has 2 aromatic carbocycles. The predicted octanol–water partition coefficient (Wildman–Crippen LogP) is 3.85. The maximum atomic E-state index is 13.7. The first-order valence-corrected chi connectivity index (χ1v) is 13.6. The SMILES string of the molecule is COc1ccc(CN(C(=O)CCCN(c2ccc(F)c(F)c2)S(C)(=O)=O)[C@@H](C)C(=O)NC(C)(C)C)cc1. The number of benzene rings is 2. The van der Waals surface area contributed by atoms with E-state index in [1.54, 1.807) is 38.3 Å². The minimum absolute atomic E-state index is 0.0399. The highest BCUT2D eigenvalue weighted by Crippen LogP contribution is 2.22. The van der Waals surface area contributed by atoms with E-state index in [0.717, 1.165) is 34.3 Å². The molecule has 0 saturated heterocycles. The first-order chi connectivity index (χ1) is 17.1. The maximum Gasteiger partial charge on any atom is 0.242 e. The molecule has 0 fully saturated rings. The van der Waals surface area contributed by atoms with Crippen LogP contribution in [0.25, 0.3) is 0 Å². The summed E-state index contributed by atoms with van der Waals surface area (Å²) in [6.45, 7) is 7.17.